The normalized spacial score (nSPS) is 19.4. The number of unbranched alkanes of at least 4 members (excludes halogenated alkanes) is 12. The molecule has 2 aromatic carbocycles. The molecule has 0 aliphatic carbocycles. The summed E-state index contributed by atoms with van der Waals surface area (Å²) >= 11 is 0. The second-order valence-electron chi connectivity index (χ2n) is 23.3. The first-order valence-electron chi connectivity index (χ1n) is 29.5. The van der Waals surface area contributed by atoms with Crippen LogP contribution in [0.1, 0.15) is 191 Å². The molecule has 0 spiro atoms. The van der Waals surface area contributed by atoms with Gasteiger partial charge in [0.2, 0.25) is 0 Å². The van der Waals surface area contributed by atoms with Crippen LogP contribution in [-0.4, -0.2) is 144 Å². The summed E-state index contributed by atoms with van der Waals surface area (Å²) in [5.74, 6) is 3.61. The van der Waals surface area contributed by atoms with E-state index in [1.54, 1.807) is 0 Å². The molecule has 390 valence electrons. The van der Waals surface area contributed by atoms with Crippen molar-refractivity contribution in [3.63, 3.8) is 0 Å². The van der Waals surface area contributed by atoms with Crippen molar-refractivity contribution in [2.45, 2.75) is 180 Å². The second-order valence-corrected chi connectivity index (χ2v) is 23.3. The molecule has 0 bridgehead atoms. The summed E-state index contributed by atoms with van der Waals surface area (Å²) < 4.78 is 29.7. The van der Waals surface area contributed by atoms with E-state index in [0.717, 1.165) is 86.2 Å². The van der Waals surface area contributed by atoms with Gasteiger partial charge in [0.1, 0.15) is 23.0 Å². The maximum atomic E-state index is 6.48. The highest BCUT2D eigenvalue weighted by Gasteiger charge is 2.26. The van der Waals surface area contributed by atoms with E-state index in [9.17, 15) is 0 Å². The Labute approximate surface area is 424 Å². The van der Waals surface area contributed by atoms with Gasteiger partial charge >= 0.3 is 0 Å². The number of ether oxygens (including phenoxy) is 4. The van der Waals surface area contributed by atoms with Crippen molar-refractivity contribution >= 4 is 12.2 Å². The number of benzene rings is 2. The quantitative estimate of drug-likeness (QED) is 0.0397. The Morgan fingerprint density at radius 3 is 0.971 bits per heavy atom. The third-order valence-electron chi connectivity index (χ3n) is 16.6. The summed E-state index contributed by atoms with van der Waals surface area (Å²) in [4.78, 5) is 2.66. The lowest BCUT2D eigenvalue weighted by Gasteiger charge is -2.37. The van der Waals surface area contributed by atoms with Gasteiger partial charge in [0, 0.05) is 12.1 Å². The van der Waals surface area contributed by atoms with Crippen molar-refractivity contribution in [2.24, 2.45) is 0 Å². The van der Waals surface area contributed by atoms with E-state index in [0.29, 0.717) is 0 Å². The standard InChI is InChI=1S/C61H105N4O4/c1-63(40-22-13-23-41-63)37-19-5-9-29-47-67-59-51-56(50-58(54-59)66-46-28-8-4-16-34-62-35-17-12-18-36-62)32-33-57-52-60(68-48-30-10-6-20-38-64(2)42-24-14-25-43-64)55-61(53-57)69-49-31-11-7-21-39-65(3)44-26-15-27-45-65/h32-33,50-55H,4-31,34-49H2,1-3H3/q+3/b33-32+. The van der Waals surface area contributed by atoms with Gasteiger partial charge in [0.25, 0.3) is 0 Å². The summed E-state index contributed by atoms with van der Waals surface area (Å²) in [6.45, 7) is 19.0. The predicted octanol–water partition coefficient (Wildman–Crippen LogP) is 14.0. The average Bonchev–Trinajstić information content (AvgIpc) is 3.35. The first-order valence-corrected chi connectivity index (χ1v) is 29.5. The molecule has 0 amide bonds. The molecule has 4 heterocycles. The molecule has 0 radical (unpaired) electrons. The zero-order valence-electron chi connectivity index (χ0n) is 45.2. The molecule has 0 N–H and O–H groups in total. The van der Waals surface area contributed by atoms with E-state index in [2.05, 4.69) is 74.6 Å². The largest absolute Gasteiger partial charge is 0.493 e. The van der Waals surface area contributed by atoms with Gasteiger partial charge in [-0.2, -0.15) is 0 Å². The zero-order valence-corrected chi connectivity index (χ0v) is 45.2. The van der Waals surface area contributed by atoms with Gasteiger partial charge in [-0.15, -0.1) is 0 Å². The Balaban J connectivity index is 1.02. The Hall–Kier alpha value is -2.78. The van der Waals surface area contributed by atoms with Crippen LogP contribution >= 0.6 is 0 Å². The molecule has 0 atom stereocenters. The van der Waals surface area contributed by atoms with E-state index in [4.69, 9.17) is 18.9 Å². The van der Waals surface area contributed by atoms with Gasteiger partial charge in [0.05, 0.1) is 106 Å². The average molecular weight is 959 g/mol. The summed E-state index contributed by atoms with van der Waals surface area (Å²) in [6.07, 6.45) is 40.9. The number of hydrogen-bond donors (Lipinski definition) is 0. The van der Waals surface area contributed by atoms with Crippen LogP contribution < -0.4 is 18.9 Å². The topological polar surface area (TPSA) is 40.2 Å². The molecule has 0 unspecified atom stereocenters. The van der Waals surface area contributed by atoms with E-state index >= 15 is 0 Å². The van der Waals surface area contributed by atoms with Gasteiger partial charge in [-0.25, -0.2) is 0 Å². The lowest BCUT2D eigenvalue weighted by Crippen LogP contribution is -2.48. The van der Waals surface area contributed by atoms with Crippen molar-refractivity contribution in [3.8, 4) is 23.0 Å². The van der Waals surface area contributed by atoms with E-state index in [1.807, 2.05) is 0 Å². The highest BCUT2D eigenvalue weighted by atomic mass is 16.5. The van der Waals surface area contributed by atoms with Crippen molar-refractivity contribution in [3.05, 3.63) is 47.5 Å². The van der Waals surface area contributed by atoms with E-state index < -0.39 is 0 Å². The number of likely N-dealkylation sites (tertiary alicyclic amines) is 4. The van der Waals surface area contributed by atoms with Crippen LogP contribution in [-0.2, 0) is 0 Å². The van der Waals surface area contributed by atoms with E-state index in [1.165, 1.54) is 246 Å². The van der Waals surface area contributed by atoms with Gasteiger partial charge in [0.15, 0.2) is 0 Å². The molecule has 69 heavy (non-hydrogen) atoms. The summed E-state index contributed by atoms with van der Waals surface area (Å²) in [6, 6.07) is 13.0. The fourth-order valence-corrected chi connectivity index (χ4v) is 12.0. The monoisotopic (exact) mass is 958 g/mol. The van der Waals surface area contributed by atoms with Crippen LogP contribution in [0.15, 0.2) is 36.4 Å². The lowest BCUT2D eigenvalue weighted by atomic mass is 10.1. The number of rotatable bonds is 34. The van der Waals surface area contributed by atoms with Crippen LogP contribution in [0.25, 0.3) is 12.2 Å². The Bertz CT molecular complexity index is 1630. The van der Waals surface area contributed by atoms with Crippen molar-refractivity contribution in [2.75, 3.05) is 126 Å². The van der Waals surface area contributed by atoms with Gasteiger partial charge in [-0.3, -0.25) is 0 Å². The zero-order chi connectivity index (χ0) is 48.1. The third kappa shape index (κ3) is 22.7. The van der Waals surface area contributed by atoms with Crippen LogP contribution in [0.4, 0.5) is 0 Å². The summed E-state index contributed by atoms with van der Waals surface area (Å²) in [7, 11) is 7.41. The molecular weight excluding hydrogens is 853 g/mol. The number of nitrogens with zero attached hydrogens (tertiary/aromatic N) is 4. The second kappa shape index (κ2) is 31.6. The number of hydrogen-bond acceptors (Lipinski definition) is 5. The molecule has 0 aromatic heterocycles. The molecule has 4 aliphatic heterocycles. The SMILES string of the molecule is C[N+]1(CCCCCCOc2cc(/C=C/c3cc(OCCCCCC[N+]4(C)CCCCC4)cc(OCCCCCC[N+]4(C)CCCCC4)c3)cc(OCCCCCCN3CCCCC3)c2)CCCCC1. The highest BCUT2D eigenvalue weighted by molar-refractivity contribution is 5.72. The Kier molecular flexibility index (Phi) is 25.5. The molecule has 0 saturated carbocycles. The van der Waals surface area contributed by atoms with Crippen molar-refractivity contribution in [1.82, 2.24) is 4.90 Å². The number of quaternary nitrogens is 3. The maximum Gasteiger partial charge on any atom is 0.123 e. The molecule has 4 aliphatic rings. The molecule has 4 saturated heterocycles. The number of piperidine rings is 4. The first kappa shape index (κ1) is 55.5. The van der Waals surface area contributed by atoms with E-state index in [-0.39, 0.29) is 0 Å². The smallest absolute Gasteiger partial charge is 0.123 e. The molecule has 8 heteroatoms. The van der Waals surface area contributed by atoms with Crippen LogP contribution in [0.5, 0.6) is 23.0 Å². The van der Waals surface area contributed by atoms with Crippen LogP contribution in [0, 0.1) is 0 Å². The third-order valence-corrected chi connectivity index (χ3v) is 16.6. The predicted molar refractivity (Wildman–Crippen MR) is 292 cm³/mol. The minimum absolute atomic E-state index is 0.741. The summed E-state index contributed by atoms with van der Waals surface area (Å²) in [5.41, 5.74) is 2.19. The Morgan fingerprint density at radius 2 is 0.638 bits per heavy atom. The minimum Gasteiger partial charge on any atom is -0.493 e. The van der Waals surface area contributed by atoms with Crippen LogP contribution in [0.2, 0.25) is 0 Å². The molecular formula is C61H105N4O4+3. The lowest BCUT2D eigenvalue weighted by molar-refractivity contribution is -0.914. The van der Waals surface area contributed by atoms with Gasteiger partial charge in [-0.05, 0) is 216 Å². The fraction of sp³-hybridized carbons (Fsp3) is 0.770. The van der Waals surface area contributed by atoms with Gasteiger partial charge < -0.3 is 37.3 Å². The highest BCUT2D eigenvalue weighted by Crippen LogP contribution is 2.29. The van der Waals surface area contributed by atoms with Crippen molar-refractivity contribution < 1.29 is 32.4 Å². The summed E-state index contributed by atoms with van der Waals surface area (Å²) in [5, 5.41) is 0. The van der Waals surface area contributed by atoms with Crippen LogP contribution in [0.3, 0.4) is 0 Å². The Morgan fingerprint density at radius 1 is 0.348 bits per heavy atom. The van der Waals surface area contributed by atoms with Crippen molar-refractivity contribution in [1.29, 1.82) is 0 Å². The molecule has 2 aromatic rings. The minimum atomic E-state index is 0.741. The fourth-order valence-electron chi connectivity index (χ4n) is 12.0. The molecule has 6 rings (SSSR count). The first-order chi connectivity index (χ1) is 33.8. The maximum absolute atomic E-state index is 6.48. The van der Waals surface area contributed by atoms with Gasteiger partial charge in [-0.1, -0.05) is 31.4 Å². The molecule has 8 nitrogen and oxygen atoms in total. The molecule has 4 fully saturated rings.